The lowest BCUT2D eigenvalue weighted by Gasteiger charge is -2.29. The number of nitrogens with zero attached hydrogens (tertiary/aromatic N) is 3. The predicted octanol–water partition coefficient (Wildman–Crippen LogP) is 3.65. The molecule has 0 saturated carbocycles. The van der Waals surface area contributed by atoms with Gasteiger partial charge in [-0.3, -0.25) is 9.59 Å². The summed E-state index contributed by atoms with van der Waals surface area (Å²) in [7, 11) is 3.02. The third-order valence-corrected chi connectivity index (χ3v) is 6.67. The van der Waals surface area contributed by atoms with Gasteiger partial charge in [0.1, 0.15) is 18.7 Å². The van der Waals surface area contributed by atoms with Crippen LogP contribution in [0.2, 0.25) is 0 Å². The Balaban J connectivity index is 1.59. The van der Waals surface area contributed by atoms with E-state index in [2.05, 4.69) is 6.07 Å². The van der Waals surface area contributed by atoms with E-state index < -0.39 is 12.1 Å². The first-order valence-electron chi connectivity index (χ1n) is 11.9. The molecule has 0 aliphatic carbocycles. The van der Waals surface area contributed by atoms with Crippen molar-refractivity contribution < 1.29 is 23.8 Å². The summed E-state index contributed by atoms with van der Waals surface area (Å²) in [5.74, 6) is 0.922. The molecule has 2 aliphatic heterocycles. The maximum atomic E-state index is 13.6. The Morgan fingerprint density at radius 3 is 2.40 bits per heavy atom. The van der Waals surface area contributed by atoms with Gasteiger partial charge in [0.25, 0.3) is 5.91 Å². The molecule has 4 rings (SSSR count). The second-order valence-electron chi connectivity index (χ2n) is 9.12. The van der Waals surface area contributed by atoms with E-state index in [1.165, 1.54) is 14.2 Å². The van der Waals surface area contributed by atoms with Gasteiger partial charge in [-0.2, -0.15) is 5.26 Å². The molecule has 0 spiro atoms. The molecular weight excluding hydrogens is 446 g/mol. The molecule has 3 atom stereocenters. The number of carbonyl (C=O) groups excluding carboxylic acids is 2. The average Bonchev–Trinajstić information content (AvgIpc) is 3.53. The summed E-state index contributed by atoms with van der Waals surface area (Å²) in [4.78, 5) is 30.2. The van der Waals surface area contributed by atoms with Gasteiger partial charge in [-0.15, -0.1) is 0 Å². The summed E-state index contributed by atoms with van der Waals surface area (Å²) < 4.78 is 17.1. The van der Waals surface area contributed by atoms with Gasteiger partial charge in [-0.1, -0.05) is 37.3 Å². The van der Waals surface area contributed by atoms with Gasteiger partial charge >= 0.3 is 0 Å². The van der Waals surface area contributed by atoms with E-state index in [9.17, 15) is 14.9 Å². The number of nitriles is 1. The number of likely N-dealkylation sites (tertiary alicyclic amines) is 2. The summed E-state index contributed by atoms with van der Waals surface area (Å²) in [6.07, 6.45) is 2.06. The zero-order valence-corrected chi connectivity index (χ0v) is 20.4. The predicted molar refractivity (Wildman–Crippen MR) is 129 cm³/mol. The van der Waals surface area contributed by atoms with Crippen LogP contribution < -0.4 is 14.2 Å². The Kier molecular flexibility index (Phi) is 7.45. The zero-order valence-electron chi connectivity index (χ0n) is 20.4. The van der Waals surface area contributed by atoms with Crippen LogP contribution >= 0.6 is 0 Å². The van der Waals surface area contributed by atoms with E-state index in [-0.39, 0.29) is 17.7 Å². The van der Waals surface area contributed by atoms with E-state index in [1.54, 1.807) is 21.9 Å². The molecule has 0 N–H and O–H groups in total. The third-order valence-electron chi connectivity index (χ3n) is 6.67. The summed E-state index contributed by atoms with van der Waals surface area (Å²) in [5.41, 5.74) is 1.35. The van der Waals surface area contributed by atoms with Crippen molar-refractivity contribution in [2.45, 2.75) is 44.9 Å². The van der Waals surface area contributed by atoms with Crippen molar-refractivity contribution in [1.29, 1.82) is 5.26 Å². The van der Waals surface area contributed by atoms with Gasteiger partial charge < -0.3 is 24.0 Å². The molecule has 35 heavy (non-hydrogen) atoms. The molecule has 2 aromatic rings. The molecule has 2 aliphatic rings. The number of amides is 2. The molecule has 2 aromatic carbocycles. The SMILES string of the molecule is COc1cc(C(=O)N2CC(C)CC2C(=O)N2CCCC2C#N)cc(OC)c1OCc1ccccc1. The van der Waals surface area contributed by atoms with E-state index in [0.717, 1.165) is 12.0 Å². The summed E-state index contributed by atoms with van der Waals surface area (Å²) in [6.45, 7) is 3.37. The lowest BCUT2D eigenvalue weighted by Crippen LogP contribution is -2.49. The van der Waals surface area contributed by atoms with Gasteiger partial charge in [0, 0.05) is 18.7 Å². The standard InChI is InChI=1S/C27H31N3O5/c1-18-12-22(27(32)29-11-7-10-21(29)15-28)30(16-18)26(31)20-13-23(33-2)25(24(14-20)34-3)35-17-19-8-5-4-6-9-19/h4-6,8-9,13-14,18,21-22H,7,10-12,16-17H2,1-3H3. The fourth-order valence-electron chi connectivity index (χ4n) is 4.90. The highest BCUT2D eigenvalue weighted by molar-refractivity contribution is 5.99. The highest BCUT2D eigenvalue weighted by Crippen LogP contribution is 2.40. The molecule has 8 heteroatoms. The number of carbonyl (C=O) groups is 2. The first-order valence-corrected chi connectivity index (χ1v) is 11.9. The number of methoxy groups -OCH3 is 2. The Hall–Kier alpha value is -3.73. The first-order chi connectivity index (χ1) is 17.0. The largest absolute Gasteiger partial charge is 0.493 e. The molecular formula is C27H31N3O5. The lowest BCUT2D eigenvalue weighted by atomic mass is 10.1. The summed E-state index contributed by atoms with van der Waals surface area (Å²) in [6, 6.07) is 14.2. The van der Waals surface area contributed by atoms with Crippen LogP contribution in [0.25, 0.3) is 0 Å². The topological polar surface area (TPSA) is 92.1 Å². The maximum Gasteiger partial charge on any atom is 0.254 e. The molecule has 3 unspecified atom stereocenters. The Labute approximate surface area is 206 Å². The molecule has 0 radical (unpaired) electrons. The number of hydrogen-bond donors (Lipinski definition) is 0. The van der Waals surface area contributed by atoms with E-state index in [1.807, 2.05) is 37.3 Å². The minimum Gasteiger partial charge on any atom is -0.493 e. The molecule has 2 fully saturated rings. The van der Waals surface area contributed by atoms with Crippen molar-refractivity contribution in [1.82, 2.24) is 9.80 Å². The zero-order chi connectivity index (χ0) is 24.9. The fraction of sp³-hybridized carbons (Fsp3) is 0.444. The second kappa shape index (κ2) is 10.7. The highest BCUT2D eigenvalue weighted by Gasteiger charge is 2.43. The van der Waals surface area contributed by atoms with Crippen molar-refractivity contribution in [3.05, 3.63) is 53.6 Å². The third kappa shape index (κ3) is 5.04. The molecule has 184 valence electrons. The fourth-order valence-corrected chi connectivity index (χ4v) is 4.90. The van der Waals surface area contributed by atoms with Crippen LogP contribution in [0.4, 0.5) is 0 Å². The Bertz CT molecular complexity index is 1090. The van der Waals surface area contributed by atoms with Crippen molar-refractivity contribution in [2.75, 3.05) is 27.3 Å². The van der Waals surface area contributed by atoms with Gasteiger partial charge in [0.05, 0.1) is 20.3 Å². The van der Waals surface area contributed by atoms with Crippen LogP contribution in [-0.2, 0) is 11.4 Å². The molecule has 2 saturated heterocycles. The Morgan fingerprint density at radius 2 is 1.77 bits per heavy atom. The summed E-state index contributed by atoms with van der Waals surface area (Å²) >= 11 is 0. The van der Waals surface area contributed by atoms with Crippen LogP contribution in [0.3, 0.4) is 0 Å². The molecule has 0 aromatic heterocycles. The first kappa shape index (κ1) is 24.4. The van der Waals surface area contributed by atoms with Crippen molar-refractivity contribution in [3.63, 3.8) is 0 Å². The second-order valence-corrected chi connectivity index (χ2v) is 9.12. The quantitative estimate of drug-likeness (QED) is 0.605. The van der Waals surface area contributed by atoms with Crippen LogP contribution in [0.5, 0.6) is 17.2 Å². The van der Waals surface area contributed by atoms with E-state index in [0.29, 0.717) is 55.4 Å². The smallest absolute Gasteiger partial charge is 0.254 e. The number of hydrogen-bond acceptors (Lipinski definition) is 6. The number of benzene rings is 2. The van der Waals surface area contributed by atoms with E-state index >= 15 is 0 Å². The van der Waals surface area contributed by atoms with Gasteiger partial charge in [-0.05, 0) is 42.9 Å². The van der Waals surface area contributed by atoms with Gasteiger partial charge in [0.15, 0.2) is 11.5 Å². The average molecular weight is 478 g/mol. The molecule has 2 amide bonds. The van der Waals surface area contributed by atoms with Crippen LogP contribution in [0, 0.1) is 17.2 Å². The van der Waals surface area contributed by atoms with Crippen LogP contribution in [0.1, 0.15) is 42.1 Å². The van der Waals surface area contributed by atoms with Crippen LogP contribution in [0.15, 0.2) is 42.5 Å². The van der Waals surface area contributed by atoms with Crippen molar-refractivity contribution in [3.8, 4) is 23.3 Å². The monoisotopic (exact) mass is 477 g/mol. The number of rotatable bonds is 7. The Morgan fingerprint density at radius 1 is 1.09 bits per heavy atom. The van der Waals surface area contributed by atoms with Crippen molar-refractivity contribution >= 4 is 11.8 Å². The molecule has 0 bridgehead atoms. The molecule has 8 nitrogen and oxygen atoms in total. The van der Waals surface area contributed by atoms with E-state index in [4.69, 9.17) is 14.2 Å². The maximum absolute atomic E-state index is 13.6. The minimum absolute atomic E-state index is 0.145. The molecule has 2 heterocycles. The summed E-state index contributed by atoms with van der Waals surface area (Å²) in [5, 5.41) is 9.43. The number of ether oxygens (including phenoxy) is 3. The highest BCUT2D eigenvalue weighted by atomic mass is 16.5. The van der Waals surface area contributed by atoms with Crippen molar-refractivity contribution in [2.24, 2.45) is 5.92 Å². The normalized spacial score (nSPS) is 21.5. The minimum atomic E-state index is -0.586. The lowest BCUT2D eigenvalue weighted by molar-refractivity contribution is -0.135. The van der Waals surface area contributed by atoms with Gasteiger partial charge in [0.2, 0.25) is 11.7 Å². The van der Waals surface area contributed by atoms with Gasteiger partial charge in [-0.25, -0.2) is 0 Å². The van der Waals surface area contributed by atoms with Crippen LogP contribution in [-0.4, -0.2) is 61.0 Å².